The normalized spacial score (nSPS) is 19.1. The minimum atomic E-state index is -5.79. The molecule has 2 aromatic heterocycles. The highest BCUT2D eigenvalue weighted by Crippen LogP contribution is 2.66. The number of rotatable bonds is 40. The number of nitrogens with two attached hydrogens (primary N) is 1. The average molecular weight is 1540 g/mol. The van der Waals surface area contributed by atoms with Gasteiger partial charge in [-0.05, 0) is 95.3 Å². The van der Waals surface area contributed by atoms with Crippen molar-refractivity contribution >= 4 is 130 Å². The first kappa shape index (κ1) is 82.5. The van der Waals surface area contributed by atoms with E-state index in [-0.39, 0.29) is 89.4 Å². The topological polar surface area (TPSA) is 462 Å². The molecular weight excluding hydrogens is 1460 g/mol. The molecule has 1 saturated heterocycles. The zero-order chi connectivity index (χ0) is 74.1. The Bertz CT molecular complexity index is 4170. The van der Waals surface area contributed by atoms with Gasteiger partial charge in [0.2, 0.25) is 17.5 Å². The van der Waals surface area contributed by atoms with Crippen molar-refractivity contribution in [2.75, 3.05) is 48.4 Å². The van der Waals surface area contributed by atoms with Gasteiger partial charge in [-0.15, -0.1) is 4.33 Å². The largest absolute Gasteiger partial charge is 0.490 e. The first-order valence-corrected chi connectivity index (χ1v) is 41.2. The van der Waals surface area contributed by atoms with Gasteiger partial charge in [0.05, 0.1) is 46.0 Å². The van der Waals surface area contributed by atoms with Crippen LogP contribution < -0.4 is 21.3 Å². The molecule has 1 fully saturated rings. The van der Waals surface area contributed by atoms with Gasteiger partial charge in [-0.25, -0.2) is 28.9 Å². The number of carbonyl (C=O) groups is 4. The van der Waals surface area contributed by atoms with E-state index in [1.165, 1.54) is 50.8 Å². The van der Waals surface area contributed by atoms with Crippen LogP contribution in [0.4, 0.5) is 17.2 Å². The summed E-state index contributed by atoms with van der Waals surface area (Å²) in [4.78, 5) is 101. The molecule has 5 heterocycles. The number of nitrogen functional groups attached to an aromatic ring is 1. The summed E-state index contributed by atoms with van der Waals surface area (Å²) < 4.78 is 96.1. The number of nitrogens with one attached hydrogen (secondary N) is 3. The summed E-state index contributed by atoms with van der Waals surface area (Å²) in [6.45, 7) is 12.5. The number of nitrogens with zero attached hydrogens (tertiary/aromatic N) is 5. The molecule has 6 unspecified atom stereocenters. The molecule has 7 rings (SSSR count). The van der Waals surface area contributed by atoms with E-state index in [0.29, 0.717) is 92.6 Å². The molecule has 31 nitrogen and oxygen atoms in total. The Hall–Kier alpha value is -5.77. The van der Waals surface area contributed by atoms with Gasteiger partial charge in [-0.2, -0.15) is 21.6 Å². The van der Waals surface area contributed by atoms with Crippen molar-refractivity contribution in [3.63, 3.8) is 0 Å². The SMILES string of the molecule is CCN1C(=CC=CC=CC2=[N+](CCCCCC(=O)NC(CSSCCC(=O)CCC#Cc3cn(C4CC(O)C(COP(=O)(O)OP(=O)(O)OP(=O)(O)O)O4)c4ncnc(N)c34)C(=O)NCCCCCC(=O)CC(C)=N)c3ccc(S(=O)(=O)O)cc3C2(C)C)C(C)(C)c2cc(SOOO)ccc21. The third kappa shape index (κ3) is 23.6. The number of aliphatic hydroxyl groups is 1. The van der Waals surface area contributed by atoms with E-state index in [1.807, 2.05) is 56.4 Å². The quantitative estimate of drug-likeness (QED) is 0.00169. The van der Waals surface area contributed by atoms with Crippen LogP contribution in [-0.4, -0.2) is 153 Å². The second kappa shape index (κ2) is 36.8. The monoisotopic (exact) mass is 1540 g/mol. The van der Waals surface area contributed by atoms with Crippen LogP contribution in [0.5, 0.6) is 0 Å². The smallest absolute Gasteiger partial charge is 0.390 e. The number of anilines is 2. The molecule has 3 aliphatic rings. The lowest BCUT2D eigenvalue weighted by Crippen LogP contribution is -2.48. The molecule has 0 saturated carbocycles. The maximum absolute atomic E-state index is 13.7. The number of hydrogen-bond acceptors (Lipinski definition) is 25. The number of allylic oxidation sites excluding steroid dienone is 6. The number of fused-ring (bicyclic) bond motifs is 3. The molecule has 38 heteroatoms. The fourth-order valence-electron chi connectivity index (χ4n) is 11.8. The Morgan fingerprint density at radius 3 is 2.37 bits per heavy atom. The first-order valence-electron chi connectivity index (χ1n) is 32.1. The molecule has 2 aromatic carbocycles. The predicted octanol–water partition coefficient (Wildman–Crippen LogP) is 9.76. The minimum absolute atomic E-state index is 0.0181. The second-order valence-corrected chi connectivity index (χ2v) is 34.1. The van der Waals surface area contributed by atoms with Crippen molar-refractivity contribution in [1.29, 1.82) is 5.41 Å². The molecule has 0 aliphatic carbocycles. The number of hydrogen-bond donors (Lipinski definition) is 11. The molecule has 4 aromatic rings. The molecule has 0 spiro atoms. The van der Waals surface area contributed by atoms with Gasteiger partial charge in [0.25, 0.3) is 10.1 Å². The van der Waals surface area contributed by atoms with E-state index in [1.54, 1.807) is 13.0 Å². The number of amides is 2. The number of carbonyl (C=O) groups excluding carboxylic acids is 4. The molecule has 3 aliphatic heterocycles. The number of ether oxygens (including phenoxy) is 1. The molecule has 6 atom stereocenters. The summed E-state index contributed by atoms with van der Waals surface area (Å²) in [7, 11) is -18.8. The molecule has 552 valence electrons. The summed E-state index contributed by atoms with van der Waals surface area (Å²) in [6.07, 6.45) is 13.3. The lowest BCUT2D eigenvalue weighted by molar-refractivity contribution is -0.438. The number of Topliss-reactive ketones (excluding diaryl/α,β-unsaturated/α-hetero) is 2. The Labute approximate surface area is 597 Å². The van der Waals surface area contributed by atoms with Gasteiger partial charge in [0, 0.05) is 127 Å². The summed E-state index contributed by atoms with van der Waals surface area (Å²) in [6, 6.07) is 9.55. The van der Waals surface area contributed by atoms with Crippen molar-refractivity contribution in [2.45, 2.75) is 170 Å². The van der Waals surface area contributed by atoms with E-state index in [2.05, 4.69) is 91.3 Å². The standard InChI is InChI=1S/C63H84N9O22P3S4/c1-7-70-50-27-25-45(100-92-91-78)34-47(50)62(3,4)54(70)22-12-8-13-23-55-63(5,6)48-35-46(101(86,87)88)26-28-51(48)71(55)31-18-10-14-24-56(76)69-49(61(77)66-30-17-9-11-21-44(74)33-41(2)64)39-99-98-32-29-43(73)20-16-15-19-42-37-72(60-58(42)59(65)67-40-68-60)57-36-52(75)53(90-57)38-89-96(82,83)94-97(84,85)93-95(79,80)81/h8,12-13,22-23,25-28,34-35,37,40,49,52-53,57,64,75H,7,9-11,14,16-18,20-21,24,29-33,36,38-39H2,1-6H3,(H9-,65,66,67,68,69,76,77,78,79,80,81,82,83,84,85,86,87,88)/p+1. The number of aliphatic hydroxyl groups excluding tert-OH is 1. The van der Waals surface area contributed by atoms with Crippen LogP contribution in [0.25, 0.3) is 11.0 Å². The highest BCUT2D eigenvalue weighted by Gasteiger charge is 2.46. The zero-order valence-electron chi connectivity index (χ0n) is 56.3. The minimum Gasteiger partial charge on any atom is -0.390 e. The van der Waals surface area contributed by atoms with E-state index in [9.17, 15) is 60.7 Å². The van der Waals surface area contributed by atoms with Crippen molar-refractivity contribution in [1.82, 2.24) is 25.2 Å². The van der Waals surface area contributed by atoms with Gasteiger partial charge in [0.1, 0.15) is 54.3 Å². The van der Waals surface area contributed by atoms with Crippen LogP contribution in [0.1, 0.15) is 148 Å². The summed E-state index contributed by atoms with van der Waals surface area (Å²) in [5.74, 6) is 5.71. The van der Waals surface area contributed by atoms with Crippen molar-refractivity contribution in [3.05, 3.63) is 102 Å². The first-order chi connectivity index (χ1) is 47.5. The van der Waals surface area contributed by atoms with E-state index in [0.717, 1.165) is 45.3 Å². The number of likely N-dealkylation sites (N-methyl/N-ethyl adjacent to an activating group) is 1. The van der Waals surface area contributed by atoms with Crippen LogP contribution in [-0.2, 0) is 81.1 Å². The van der Waals surface area contributed by atoms with E-state index >= 15 is 0 Å². The third-order valence-corrected chi connectivity index (χ3v) is 24.2. The molecule has 2 amide bonds. The predicted molar refractivity (Wildman–Crippen MR) is 380 cm³/mol. The molecule has 101 heavy (non-hydrogen) atoms. The van der Waals surface area contributed by atoms with Crippen LogP contribution in [0.2, 0.25) is 0 Å². The average Bonchev–Trinajstić information content (AvgIpc) is 1.61. The lowest BCUT2D eigenvalue weighted by atomic mass is 9.81. The number of unbranched alkanes of at least 4 members (excludes halogenated alkanes) is 4. The van der Waals surface area contributed by atoms with Crippen LogP contribution in [0.3, 0.4) is 0 Å². The van der Waals surface area contributed by atoms with Crippen LogP contribution >= 0.6 is 57.1 Å². The summed E-state index contributed by atoms with van der Waals surface area (Å²) in [5, 5.41) is 37.0. The van der Waals surface area contributed by atoms with Crippen molar-refractivity contribution < 1.29 is 108 Å². The van der Waals surface area contributed by atoms with E-state index < -0.39 is 70.1 Å². The maximum atomic E-state index is 13.7. The van der Waals surface area contributed by atoms with Gasteiger partial charge in [-0.3, -0.25) is 28.3 Å². The molecule has 0 bridgehead atoms. The fraction of sp³-hybridized carbons (Fsp3) is 0.492. The fourth-order valence-corrected chi connectivity index (χ4v) is 17.9. The van der Waals surface area contributed by atoms with Gasteiger partial charge in [0.15, 0.2) is 5.71 Å². The van der Waals surface area contributed by atoms with Crippen molar-refractivity contribution in [3.8, 4) is 11.8 Å². The van der Waals surface area contributed by atoms with Crippen LogP contribution in [0, 0.1) is 17.3 Å². The van der Waals surface area contributed by atoms with Gasteiger partial charge < -0.3 is 60.7 Å². The number of ketones is 2. The molecule has 12 N–H and O–H groups in total. The summed E-state index contributed by atoms with van der Waals surface area (Å²) in [5.41, 5.74) is 11.6. The number of phosphoric acid groups is 3. The third-order valence-electron chi connectivity index (χ3n) is 16.6. The Balaban J connectivity index is 0.924. The second-order valence-electron chi connectivity index (χ2n) is 24.8. The lowest BCUT2D eigenvalue weighted by Gasteiger charge is -2.25. The zero-order valence-corrected chi connectivity index (χ0v) is 62.2. The molecule has 0 radical (unpaired) electrons. The van der Waals surface area contributed by atoms with Crippen molar-refractivity contribution in [2.24, 2.45) is 0 Å². The highest BCUT2D eigenvalue weighted by molar-refractivity contribution is 8.76. The van der Waals surface area contributed by atoms with Crippen LogP contribution in [0.15, 0.2) is 94.8 Å². The Kier molecular flexibility index (Phi) is 30.0. The number of phosphoric ester groups is 1. The van der Waals surface area contributed by atoms with Gasteiger partial charge in [-0.1, -0.05) is 77.0 Å². The number of aromatic nitrogens is 3. The Morgan fingerprint density at radius 1 is 0.911 bits per heavy atom. The highest BCUT2D eigenvalue weighted by atomic mass is 33.1. The number of benzene rings is 2. The van der Waals surface area contributed by atoms with E-state index in [4.69, 9.17) is 30.9 Å². The van der Waals surface area contributed by atoms with Gasteiger partial charge >= 0.3 is 23.5 Å². The summed E-state index contributed by atoms with van der Waals surface area (Å²) >= 11 is 0.898. The Morgan fingerprint density at radius 2 is 1.65 bits per heavy atom. The maximum Gasteiger partial charge on any atom is 0.490 e. The molecular formula is C63H85N9O22P3S4+.